The van der Waals surface area contributed by atoms with Crippen LogP contribution >= 0.6 is 0 Å². The van der Waals surface area contributed by atoms with Crippen molar-refractivity contribution in [1.82, 2.24) is 15.1 Å². The first kappa shape index (κ1) is 22.2. The Labute approximate surface area is 180 Å². The van der Waals surface area contributed by atoms with Crippen LogP contribution in [0, 0.1) is 13.8 Å². The van der Waals surface area contributed by atoms with E-state index >= 15 is 0 Å². The van der Waals surface area contributed by atoms with E-state index in [-0.39, 0.29) is 24.5 Å². The number of nitrogens with zero attached hydrogens (tertiary/aromatic N) is 2. The molecule has 3 rings (SSSR count). The van der Waals surface area contributed by atoms with Crippen molar-refractivity contribution in [3.8, 4) is 0 Å². The quantitative estimate of drug-likeness (QED) is 0.649. The first-order valence-corrected chi connectivity index (χ1v) is 10.9. The van der Waals surface area contributed by atoms with Gasteiger partial charge in [0.2, 0.25) is 5.91 Å². The van der Waals surface area contributed by atoms with Gasteiger partial charge in [-0.25, -0.2) is 0 Å². The Morgan fingerprint density at radius 2 is 1.60 bits per heavy atom. The van der Waals surface area contributed by atoms with E-state index in [1.54, 1.807) is 0 Å². The molecule has 0 spiro atoms. The molecule has 1 aliphatic heterocycles. The van der Waals surface area contributed by atoms with Gasteiger partial charge in [-0.05, 0) is 31.0 Å². The minimum absolute atomic E-state index is 0.0425. The van der Waals surface area contributed by atoms with Crippen molar-refractivity contribution in [3.05, 3.63) is 70.8 Å². The molecule has 1 aliphatic rings. The number of Topliss-reactive ketones (excluding diaryl/α,β-unsaturated/α-hetero) is 1. The lowest BCUT2D eigenvalue weighted by molar-refractivity contribution is -0.121. The molecule has 2 aromatic carbocycles. The van der Waals surface area contributed by atoms with Crippen LogP contribution in [0.15, 0.2) is 48.5 Å². The average Bonchev–Trinajstić information content (AvgIpc) is 2.76. The van der Waals surface area contributed by atoms with Gasteiger partial charge in [0.15, 0.2) is 5.78 Å². The predicted octanol–water partition coefficient (Wildman–Crippen LogP) is 3.20. The van der Waals surface area contributed by atoms with Gasteiger partial charge >= 0.3 is 0 Å². The molecule has 1 fully saturated rings. The molecule has 0 bridgehead atoms. The van der Waals surface area contributed by atoms with Gasteiger partial charge in [-0.3, -0.25) is 19.4 Å². The van der Waals surface area contributed by atoms with Gasteiger partial charge in [-0.15, -0.1) is 0 Å². The summed E-state index contributed by atoms with van der Waals surface area (Å²) in [4.78, 5) is 29.4. The summed E-state index contributed by atoms with van der Waals surface area (Å²) in [5.41, 5.74) is 4.12. The van der Waals surface area contributed by atoms with E-state index in [0.717, 1.165) is 56.0 Å². The number of piperazine rings is 1. The molecule has 0 aromatic heterocycles. The summed E-state index contributed by atoms with van der Waals surface area (Å²) in [7, 11) is 0. The second-order valence-corrected chi connectivity index (χ2v) is 8.19. The predicted molar refractivity (Wildman–Crippen MR) is 121 cm³/mol. The average molecular weight is 408 g/mol. The number of hydrogen-bond acceptors (Lipinski definition) is 4. The molecule has 2 aromatic rings. The van der Waals surface area contributed by atoms with Crippen LogP contribution in [-0.2, 0) is 11.3 Å². The van der Waals surface area contributed by atoms with Crippen molar-refractivity contribution in [2.45, 2.75) is 33.2 Å². The first-order valence-electron chi connectivity index (χ1n) is 10.9. The number of ketones is 1. The molecule has 30 heavy (non-hydrogen) atoms. The normalized spacial score (nSPS) is 15.1. The smallest absolute Gasteiger partial charge is 0.220 e. The van der Waals surface area contributed by atoms with Crippen LogP contribution in [0.25, 0.3) is 0 Å². The summed E-state index contributed by atoms with van der Waals surface area (Å²) in [5, 5.41) is 2.97. The van der Waals surface area contributed by atoms with Crippen molar-refractivity contribution in [2.75, 3.05) is 39.3 Å². The molecule has 0 atom stereocenters. The SMILES string of the molecule is Cc1ccc(C)c(C(=O)CCC(=O)NCCN2CCN(Cc3ccccc3)CC2)c1. The summed E-state index contributed by atoms with van der Waals surface area (Å²) >= 11 is 0. The number of nitrogens with one attached hydrogen (secondary N) is 1. The van der Waals surface area contributed by atoms with Gasteiger partial charge in [-0.1, -0.05) is 48.0 Å². The van der Waals surface area contributed by atoms with Crippen LogP contribution in [0.2, 0.25) is 0 Å². The number of hydrogen-bond donors (Lipinski definition) is 1. The van der Waals surface area contributed by atoms with E-state index in [4.69, 9.17) is 0 Å². The summed E-state index contributed by atoms with van der Waals surface area (Å²) in [6.07, 6.45) is 0.505. The van der Waals surface area contributed by atoms with Gasteiger partial charge in [-0.2, -0.15) is 0 Å². The number of aryl methyl sites for hydroxylation is 2. The molecular weight excluding hydrogens is 374 g/mol. The molecule has 0 aliphatic carbocycles. The van der Waals surface area contributed by atoms with E-state index in [0.29, 0.717) is 6.54 Å². The molecule has 1 amide bonds. The number of benzene rings is 2. The third-order valence-electron chi connectivity index (χ3n) is 5.74. The zero-order valence-corrected chi connectivity index (χ0v) is 18.2. The maximum atomic E-state index is 12.4. The standard InChI is InChI=1S/C25H33N3O2/c1-20-8-9-21(2)23(18-20)24(29)10-11-25(30)26-12-13-27-14-16-28(17-15-27)19-22-6-4-3-5-7-22/h3-9,18H,10-17,19H2,1-2H3,(H,26,30). The van der Waals surface area contributed by atoms with E-state index < -0.39 is 0 Å². The highest BCUT2D eigenvalue weighted by molar-refractivity contribution is 5.99. The fourth-order valence-electron chi connectivity index (χ4n) is 3.85. The number of amides is 1. The maximum Gasteiger partial charge on any atom is 0.220 e. The molecule has 1 heterocycles. The zero-order chi connectivity index (χ0) is 21.3. The van der Waals surface area contributed by atoms with Crippen molar-refractivity contribution in [2.24, 2.45) is 0 Å². The molecule has 1 N–H and O–H groups in total. The first-order chi connectivity index (χ1) is 14.5. The highest BCUT2D eigenvalue weighted by Gasteiger charge is 2.17. The van der Waals surface area contributed by atoms with Crippen molar-refractivity contribution >= 4 is 11.7 Å². The fraction of sp³-hybridized carbons (Fsp3) is 0.440. The lowest BCUT2D eigenvalue weighted by atomic mass is 9.99. The van der Waals surface area contributed by atoms with E-state index in [1.807, 2.05) is 32.0 Å². The van der Waals surface area contributed by atoms with Crippen molar-refractivity contribution in [3.63, 3.8) is 0 Å². The Kier molecular flexibility index (Phi) is 8.17. The highest BCUT2D eigenvalue weighted by Crippen LogP contribution is 2.14. The molecule has 5 heteroatoms. The molecular formula is C25H33N3O2. The summed E-state index contributed by atoms with van der Waals surface area (Å²) in [5.74, 6) is -0.00254. The largest absolute Gasteiger partial charge is 0.355 e. The maximum absolute atomic E-state index is 12.4. The molecule has 5 nitrogen and oxygen atoms in total. The van der Waals surface area contributed by atoms with E-state index in [9.17, 15) is 9.59 Å². The summed E-state index contributed by atoms with van der Waals surface area (Å²) in [6.45, 7) is 10.5. The second-order valence-electron chi connectivity index (χ2n) is 8.19. The van der Waals surface area contributed by atoms with Gasteiger partial charge in [0.25, 0.3) is 0 Å². The van der Waals surface area contributed by atoms with Gasteiger partial charge in [0, 0.05) is 64.2 Å². The highest BCUT2D eigenvalue weighted by atomic mass is 16.2. The minimum atomic E-state index is -0.0450. The molecule has 0 radical (unpaired) electrons. The van der Waals surface area contributed by atoms with Crippen LogP contribution in [0.5, 0.6) is 0 Å². The van der Waals surface area contributed by atoms with Crippen LogP contribution in [-0.4, -0.2) is 60.8 Å². The lowest BCUT2D eigenvalue weighted by Crippen LogP contribution is -2.48. The molecule has 0 unspecified atom stereocenters. The van der Waals surface area contributed by atoms with E-state index in [1.165, 1.54) is 5.56 Å². The summed E-state index contributed by atoms with van der Waals surface area (Å²) in [6, 6.07) is 16.4. The zero-order valence-electron chi connectivity index (χ0n) is 18.2. The van der Waals surface area contributed by atoms with Crippen molar-refractivity contribution in [1.29, 1.82) is 0 Å². The monoisotopic (exact) mass is 407 g/mol. The number of rotatable bonds is 9. The topological polar surface area (TPSA) is 52.7 Å². The third kappa shape index (κ3) is 6.78. The summed E-state index contributed by atoms with van der Waals surface area (Å²) < 4.78 is 0. The van der Waals surface area contributed by atoms with Crippen LogP contribution in [0.4, 0.5) is 0 Å². The third-order valence-corrected chi connectivity index (χ3v) is 5.74. The fourth-order valence-corrected chi connectivity index (χ4v) is 3.85. The number of carbonyl (C=O) groups excluding carboxylic acids is 2. The Morgan fingerprint density at radius 3 is 2.33 bits per heavy atom. The Hall–Kier alpha value is -2.50. The van der Waals surface area contributed by atoms with Crippen molar-refractivity contribution < 1.29 is 9.59 Å². The number of carbonyl (C=O) groups is 2. The van der Waals surface area contributed by atoms with Gasteiger partial charge in [0.05, 0.1) is 0 Å². The van der Waals surface area contributed by atoms with Crippen LogP contribution in [0.1, 0.15) is 39.9 Å². The second kappa shape index (κ2) is 11.0. The minimum Gasteiger partial charge on any atom is -0.355 e. The van der Waals surface area contributed by atoms with Crippen LogP contribution < -0.4 is 5.32 Å². The lowest BCUT2D eigenvalue weighted by Gasteiger charge is -2.34. The Bertz CT molecular complexity index is 843. The van der Waals surface area contributed by atoms with E-state index in [2.05, 4.69) is 45.4 Å². The molecule has 0 saturated carbocycles. The Morgan fingerprint density at radius 1 is 0.900 bits per heavy atom. The molecule has 160 valence electrons. The molecule has 1 saturated heterocycles. The Balaban J connectivity index is 1.30. The van der Waals surface area contributed by atoms with Crippen LogP contribution in [0.3, 0.4) is 0 Å². The van der Waals surface area contributed by atoms with Gasteiger partial charge < -0.3 is 5.32 Å². The van der Waals surface area contributed by atoms with Gasteiger partial charge in [0.1, 0.15) is 0 Å².